The Bertz CT molecular complexity index is 72.7. The first-order chi connectivity index (χ1) is 3.00. The molecule has 0 aliphatic carbocycles. The smallest absolute Gasteiger partial charge is 0.822 e. The van der Waals surface area contributed by atoms with Crippen LogP contribution in [0.15, 0.2) is 0 Å². The molecule has 0 aromatic heterocycles. The zero-order valence-corrected chi connectivity index (χ0v) is 16.5. The third-order valence-corrected chi connectivity index (χ3v) is 0. The van der Waals surface area contributed by atoms with Gasteiger partial charge in [0.1, 0.15) is 6.79 Å². The molecule has 0 radical (unpaired) electrons. The van der Waals surface area contributed by atoms with Crippen LogP contribution in [0.25, 0.3) is 0 Å². The summed E-state index contributed by atoms with van der Waals surface area (Å²) in [6.45, 7) is 2.00. The first-order valence-electron chi connectivity index (χ1n) is 1.02. The molecule has 0 heterocycles. The van der Waals surface area contributed by atoms with Gasteiger partial charge in [-0.3, -0.25) is 0 Å². The molecule has 0 unspecified atom stereocenters. The maximum atomic E-state index is 8.55. The second-order valence-corrected chi connectivity index (χ2v) is 1.34. The molecule has 44 valence electrons. The molecule has 0 aromatic rings. The van der Waals surface area contributed by atoms with Gasteiger partial charge in [0.25, 0.3) is 0 Å². The van der Waals surface area contributed by atoms with Gasteiger partial charge in [-0.05, 0) is 0 Å². The number of carbonyl (C=O) groups is 1. The minimum atomic E-state index is -5.39. The Hall–Kier alpha value is 4.69. The molecule has 0 amide bonds. The maximum absolute atomic E-state index is 8.55. The van der Waals surface area contributed by atoms with Gasteiger partial charge in [0.15, 0.2) is 0 Å². The van der Waals surface area contributed by atoms with Crippen LogP contribution in [-0.2, 0) is 9.36 Å². The first kappa shape index (κ1) is 29.3. The third kappa shape index (κ3) is 78.9. The number of hydrogen-bond acceptors (Lipinski definition) is 5. The Balaban J connectivity index is -0.0000000154. The summed E-state index contributed by atoms with van der Waals surface area (Å²) in [6.07, 6.45) is 0. The molecule has 0 aliphatic heterocycles. The molecule has 0 bridgehead atoms. The topological polar surface area (TPSA) is 103 Å². The molecule has 0 saturated carbocycles. The summed E-state index contributed by atoms with van der Waals surface area (Å²) in [6, 6.07) is 0. The van der Waals surface area contributed by atoms with Gasteiger partial charge in [-0.2, -0.15) is 7.82 Å². The average Bonchev–Trinajstić information content (AvgIpc) is 1.36. The predicted molar refractivity (Wildman–Crippen MR) is 14.7 cm³/mol. The van der Waals surface area contributed by atoms with E-state index in [0.29, 0.717) is 0 Å². The van der Waals surface area contributed by atoms with Crippen LogP contribution in [-0.4, -0.2) is 6.79 Å². The molecule has 5 nitrogen and oxygen atoms in total. The average molecular weight is 242 g/mol. The van der Waals surface area contributed by atoms with Gasteiger partial charge < -0.3 is 24.0 Å². The molecule has 0 atom stereocenters. The molecule has 9 heteroatoms. The summed E-state index contributed by atoms with van der Waals surface area (Å²) in [5.41, 5.74) is 0. The van der Waals surface area contributed by atoms with E-state index < -0.39 is 7.82 Å². The van der Waals surface area contributed by atoms with Gasteiger partial charge in [-0.15, -0.1) is 0 Å². The van der Waals surface area contributed by atoms with Crippen molar-refractivity contribution in [3.8, 4) is 0 Å². The molecule has 0 spiro atoms. The van der Waals surface area contributed by atoms with Crippen LogP contribution in [0.2, 0.25) is 0 Å². The third-order valence-electron chi connectivity index (χ3n) is 0. The quantitative estimate of drug-likeness (QED) is 0.310. The summed E-state index contributed by atoms with van der Waals surface area (Å²) in [5, 5.41) is 0. The first-order valence-corrected chi connectivity index (χ1v) is 2.48. The fraction of sp³-hybridized carbons (Fsp3) is 0. The minimum Gasteiger partial charge on any atom is -0.822 e. The van der Waals surface area contributed by atoms with Crippen molar-refractivity contribution >= 4 is 14.6 Å². The number of carbonyl (C=O) groups excluding carboxylic acids is 1. The van der Waals surface area contributed by atoms with Crippen LogP contribution in [0.4, 0.5) is 0 Å². The molecule has 0 fully saturated rings. The van der Waals surface area contributed by atoms with Crippen molar-refractivity contribution in [3.05, 3.63) is 0 Å². The molecule has 10 heavy (non-hydrogen) atoms. The molecular formula is CH2K3O5P. The largest absolute Gasteiger partial charge is 1.00 e. The Kier molecular flexibility index (Phi) is 56.6. The van der Waals surface area contributed by atoms with Crippen molar-refractivity contribution in [2.24, 2.45) is 0 Å². The fourth-order valence-corrected chi connectivity index (χ4v) is 0. The van der Waals surface area contributed by atoms with Crippen molar-refractivity contribution in [1.29, 1.82) is 0 Å². The fourth-order valence-electron chi connectivity index (χ4n) is 0. The number of hydrogen-bond donors (Lipinski definition) is 0. The zero-order chi connectivity index (χ0) is 6.50. The van der Waals surface area contributed by atoms with Crippen LogP contribution < -0.4 is 169 Å². The van der Waals surface area contributed by atoms with Gasteiger partial charge in [0.05, 0.1) is 0 Å². The van der Waals surface area contributed by atoms with Crippen LogP contribution in [0.5, 0.6) is 0 Å². The summed E-state index contributed by atoms with van der Waals surface area (Å²) in [4.78, 5) is 33.6. The Morgan fingerprint density at radius 2 is 0.900 bits per heavy atom. The Morgan fingerprint density at radius 1 is 0.900 bits per heavy atom. The van der Waals surface area contributed by atoms with Crippen LogP contribution in [0.1, 0.15) is 0 Å². The molecule has 0 aromatic carbocycles. The van der Waals surface area contributed by atoms with Crippen molar-refractivity contribution in [3.63, 3.8) is 0 Å². The summed E-state index contributed by atoms with van der Waals surface area (Å²) in [7, 11) is -5.39. The minimum absolute atomic E-state index is 0. The van der Waals surface area contributed by atoms with Gasteiger partial charge >= 0.3 is 154 Å². The van der Waals surface area contributed by atoms with Crippen LogP contribution >= 0.6 is 7.82 Å². The van der Waals surface area contributed by atoms with Gasteiger partial charge in [-0.25, -0.2) is 0 Å². The van der Waals surface area contributed by atoms with Gasteiger partial charge in [0, 0.05) is 0 Å². The number of rotatable bonds is 0. The van der Waals surface area contributed by atoms with Crippen molar-refractivity contribution in [1.82, 2.24) is 0 Å². The monoisotopic (exact) mass is 242 g/mol. The summed E-state index contributed by atoms with van der Waals surface area (Å²) >= 11 is 0. The van der Waals surface area contributed by atoms with Crippen LogP contribution in [0, 0.1) is 0 Å². The second kappa shape index (κ2) is 19.3. The number of phosphoric acid groups is 1. The van der Waals surface area contributed by atoms with E-state index >= 15 is 0 Å². The van der Waals surface area contributed by atoms with Crippen molar-refractivity contribution in [2.75, 3.05) is 0 Å². The summed E-state index contributed by atoms with van der Waals surface area (Å²) < 4.78 is 8.55. The van der Waals surface area contributed by atoms with E-state index in [0.717, 1.165) is 0 Å². The maximum Gasteiger partial charge on any atom is 1.00 e. The van der Waals surface area contributed by atoms with E-state index in [2.05, 4.69) is 0 Å². The van der Waals surface area contributed by atoms with E-state index in [-0.39, 0.29) is 154 Å². The van der Waals surface area contributed by atoms with E-state index in [1.54, 1.807) is 0 Å². The van der Waals surface area contributed by atoms with Crippen molar-refractivity contribution in [2.45, 2.75) is 0 Å². The van der Waals surface area contributed by atoms with Crippen LogP contribution in [0.3, 0.4) is 0 Å². The SMILES string of the molecule is C=O.O=P([O-])([O-])[O-].[K+].[K+].[K+]. The van der Waals surface area contributed by atoms with E-state index in [9.17, 15) is 0 Å². The molecule has 0 N–H and O–H groups in total. The summed E-state index contributed by atoms with van der Waals surface area (Å²) in [5.74, 6) is 0. The molecule has 0 saturated heterocycles. The van der Waals surface area contributed by atoms with E-state index in [4.69, 9.17) is 24.0 Å². The predicted octanol–water partition coefficient (Wildman–Crippen LogP) is -12.0. The van der Waals surface area contributed by atoms with Gasteiger partial charge in [0.2, 0.25) is 0 Å². The standard InChI is InChI=1S/CH2O.3K.H3O4P/c1-2;;;;1-5(2,3)4/h1H2;;;;(H3,1,2,3,4)/q;3*+1;/p-3. The van der Waals surface area contributed by atoms with Gasteiger partial charge in [-0.1, -0.05) is 0 Å². The van der Waals surface area contributed by atoms with Crippen molar-refractivity contribution < 1.29 is 178 Å². The molecular weight excluding hydrogens is 240 g/mol. The zero-order valence-electron chi connectivity index (χ0n) is 6.20. The van der Waals surface area contributed by atoms with E-state index in [1.807, 2.05) is 6.79 Å². The second-order valence-electron chi connectivity index (χ2n) is 0.447. The normalized spacial score (nSPS) is 6.30. The Morgan fingerprint density at radius 3 is 0.900 bits per heavy atom. The molecule has 0 rings (SSSR count). The molecule has 0 aliphatic rings. The Labute approximate surface area is 187 Å². The van der Waals surface area contributed by atoms with E-state index in [1.165, 1.54) is 0 Å².